The summed E-state index contributed by atoms with van der Waals surface area (Å²) in [4.78, 5) is 43.8. The molecule has 4 heterocycles. The van der Waals surface area contributed by atoms with Gasteiger partial charge >= 0.3 is 0 Å². The number of aromatic nitrogens is 6. The van der Waals surface area contributed by atoms with E-state index in [4.69, 9.17) is 4.98 Å². The highest BCUT2D eigenvalue weighted by molar-refractivity contribution is 5.98. The van der Waals surface area contributed by atoms with Crippen LogP contribution < -0.4 is 0 Å². The number of carbonyl (C=O) groups excluding carboxylic acids is 2. The number of fused-ring (bicyclic) bond motifs is 2. The molecule has 0 aliphatic heterocycles. The first-order valence-electron chi connectivity index (χ1n) is 14.2. The number of rotatable bonds is 9. The average molecular weight is 558 g/mol. The topological polar surface area (TPSA) is 121 Å². The van der Waals surface area contributed by atoms with Crippen LogP contribution in [-0.2, 0) is 11.2 Å². The number of pyridine rings is 2. The molecule has 0 atom stereocenters. The van der Waals surface area contributed by atoms with Crippen LogP contribution in [0.4, 0.5) is 0 Å². The van der Waals surface area contributed by atoms with Crippen molar-refractivity contribution in [2.45, 2.75) is 33.6 Å². The Hall–Kier alpha value is -5.18. The molecule has 9 heteroatoms. The van der Waals surface area contributed by atoms with Crippen molar-refractivity contribution in [1.82, 2.24) is 35.0 Å². The van der Waals surface area contributed by atoms with Crippen LogP contribution >= 0.6 is 0 Å². The van der Waals surface area contributed by atoms with Crippen LogP contribution in [0.15, 0.2) is 73.1 Å². The number of para-hydroxylation sites is 1. The first kappa shape index (κ1) is 27.0. The Morgan fingerprint density at radius 2 is 1.62 bits per heavy atom. The van der Waals surface area contributed by atoms with Gasteiger partial charge in [0.05, 0.1) is 16.4 Å². The summed E-state index contributed by atoms with van der Waals surface area (Å²) >= 11 is 0. The molecule has 0 spiro atoms. The molecule has 1 amide bonds. The Kier molecular flexibility index (Phi) is 7.31. The van der Waals surface area contributed by atoms with E-state index in [1.807, 2.05) is 86.3 Å². The highest BCUT2D eigenvalue weighted by Crippen LogP contribution is 2.32. The average Bonchev–Trinajstić information content (AvgIpc) is 3.66. The molecule has 42 heavy (non-hydrogen) atoms. The Balaban J connectivity index is 1.33. The Morgan fingerprint density at radius 1 is 0.857 bits per heavy atom. The molecule has 0 saturated heterocycles. The van der Waals surface area contributed by atoms with Crippen molar-refractivity contribution in [3.05, 3.63) is 84.3 Å². The fourth-order valence-electron chi connectivity index (χ4n) is 5.13. The van der Waals surface area contributed by atoms with Gasteiger partial charge in [-0.2, -0.15) is 5.10 Å². The number of nitrogens with zero attached hydrogens (tertiary/aromatic N) is 5. The fraction of sp³-hybridized carbons (Fsp3) is 0.212. The van der Waals surface area contributed by atoms with Gasteiger partial charge < -0.3 is 9.88 Å². The van der Waals surface area contributed by atoms with Gasteiger partial charge in [0, 0.05) is 66.3 Å². The molecule has 0 bridgehead atoms. The molecule has 9 nitrogen and oxygen atoms in total. The number of hydrogen-bond donors (Lipinski definition) is 2. The standard InChI is InChI=1S/C33H31N7O2/c1-4-25(41)17-24-15-14-22(18-34-24)23-16-27-30(38-39-31(27)35-19-23)32-36-28-9-7-8-26(29(28)37-32)20-10-12-21(13-11-20)33(42)40(5-2)6-3/h7-16,18-19H,4-6,17H2,1-3H3,(H,36,37)(H,35,38,39). The van der Waals surface area contributed by atoms with E-state index >= 15 is 0 Å². The van der Waals surface area contributed by atoms with Gasteiger partial charge in [0.1, 0.15) is 11.5 Å². The van der Waals surface area contributed by atoms with Crippen molar-refractivity contribution < 1.29 is 9.59 Å². The molecule has 0 radical (unpaired) electrons. The maximum absolute atomic E-state index is 12.8. The SMILES string of the molecule is CCC(=O)Cc1ccc(-c2cnc3n[nH]c(-c4nc5c(-c6ccc(C(=O)N(CC)CC)cc6)cccc5[nH]4)c3c2)cn1. The number of ketones is 1. The third kappa shape index (κ3) is 5.05. The van der Waals surface area contributed by atoms with Gasteiger partial charge in [-0.3, -0.25) is 19.7 Å². The van der Waals surface area contributed by atoms with Crippen molar-refractivity contribution in [3.63, 3.8) is 0 Å². The van der Waals surface area contributed by atoms with Crippen molar-refractivity contribution in [2.75, 3.05) is 13.1 Å². The van der Waals surface area contributed by atoms with E-state index in [0.29, 0.717) is 43.0 Å². The predicted octanol–water partition coefficient (Wildman–Crippen LogP) is 6.23. The zero-order valence-corrected chi connectivity index (χ0v) is 23.8. The number of aromatic amines is 2. The molecular formula is C33H31N7O2. The van der Waals surface area contributed by atoms with E-state index in [1.165, 1.54) is 0 Å². The van der Waals surface area contributed by atoms with E-state index in [-0.39, 0.29) is 11.7 Å². The minimum absolute atomic E-state index is 0.0317. The number of amides is 1. The molecule has 4 aromatic heterocycles. The monoisotopic (exact) mass is 557 g/mol. The van der Waals surface area contributed by atoms with E-state index in [1.54, 1.807) is 12.4 Å². The summed E-state index contributed by atoms with van der Waals surface area (Å²) in [5, 5.41) is 8.34. The largest absolute Gasteiger partial charge is 0.339 e. The van der Waals surface area contributed by atoms with Gasteiger partial charge in [0.15, 0.2) is 11.5 Å². The number of imidazole rings is 1. The van der Waals surface area contributed by atoms with Crippen LogP contribution in [0.3, 0.4) is 0 Å². The maximum atomic E-state index is 12.8. The first-order valence-corrected chi connectivity index (χ1v) is 14.2. The molecule has 0 aliphatic carbocycles. The van der Waals surface area contributed by atoms with E-state index < -0.39 is 0 Å². The molecule has 210 valence electrons. The Labute approximate surface area is 243 Å². The highest BCUT2D eigenvalue weighted by atomic mass is 16.2. The third-order valence-electron chi connectivity index (χ3n) is 7.58. The Bertz CT molecular complexity index is 1900. The summed E-state index contributed by atoms with van der Waals surface area (Å²) in [6, 6.07) is 19.6. The lowest BCUT2D eigenvalue weighted by molar-refractivity contribution is -0.118. The number of hydrogen-bond acceptors (Lipinski definition) is 6. The number of benzene rings is 2. The van der Waals surface area contributed by atoms with Crippen LogP contribution in [0.1, 0.15) is 43.2 Å². The second kappa shape index (κ2) is 11.4. The normalized spacial score (nSPS) is 11.3. The lowest BCUT2D eigenvalue weighted by Crippen LogP contribution is -2.30. The van der Waals surface area contributed by atoms with Crippen molar-refractivity contribution >= 4 is 33.8 Å². The first-order chi connectivity index (χ1) is 20.5. The van der Waals surface area contributed by atoms with Crippen LogP contribution in [0.5, 0.6) is 0 Å². The molecule has 6 aromatic rings. The van der Waals surface area contributed by atoms with E-state index in [2.05, 4.69) is 25.1 Å². The smallest absolute Gasteiger partial charge is 0.253 e. The highest BCUT2D eigenvalue weighted by Gasteiger charge is 2.17. The van der Waals surface area contributed by atoms with Gasteiger partial charge in [0.25, 0.3) is 5.91 Å². The maximum Gasteiger partial charge on any atom is 0.253 e. The fourth-order valence-corrected chi connectivity index (χ4v) is 5.13. The summed E-state index contributed by atoms with van der Waals surface area (Å²) in [5.41, 5.74) is 8.19. The minimum atomic E-state index is 0.0317. The van der Waals surface area contributed by atoms with Crippen LogP contribution in [0.2, 0.25) is 0 Å². The van der Waals surface area contributed by atoms with Crippen LogP contribution in [0, 0.1) is 0 Å². The lowest BCUT2D eigenvalue weighted by atomic mass is 10.0. The van der Waals surface area contributed by atoms with Crippen LogP contribution in [-0.4, -0.2) is 59.8 Å². The molecule has 0 unspecified atom stereocenters. The molecule has 0 saturated carbocycles. The Morgan fingerprint density at radius 3 is 2.33 bits per heavy atom. The second-order valence-corrected chi connectivity index (χ2v) is 10.1. The molecule has 6 rings (SSSR count). The number of nitrogens with one attached hydrogen (secondary N) is 2. The van der Waals surface area contributed by atoms with Crippen LogP contribution in [0.25, 0.3) is 55.8 Å². The number of carbonyl (C=O) groups is 2. The predicted molar refractivity (Wildman–Crippen MR) is 164 cm³/mol. The van der Waals surface area contributed by atoms with Gasteiger partial charge in [-0.15, -0.1) is 0 Å². The van der Waals surface area contributed by atoms with Gasteiger partial charge in [-0.05, 0) is 49.7 Å². The van der Waals surface area contributed by atoms with Gasteiger partial charge in [0.2, 0.25) is 0 Å². The molecule has 2 aromatic carbocycles. The summed E-state index contributed by atoms with van der Waals surface area (Å²) in [5.74, 6) is 0.848. The van der Waals surface area contributed by atoms with E-state index in [9.17, 15) is 9.59 Å². The van der Waals surface area contributed by atoms with Crippen molar-refractivity contribution in [1.29, 1.82) is 0 Å². The number of Topliss-reactive ketones (excluding diaryl/α,β-unsaturated/α-hetero) is 1. The number of H-pyrrole nitrogens is 2. The molecule has 0 aliphatic rings. The molecule has 2 N–H and O–H groups in total. The quantitative estimate of drug-likeness (QED) is 0.217. The van der Waals surface area contributed by atoms with Gasteiger partial charge in [-0.1, -0.05) is 37.3 Å². The lowest BCUT2D eigenvalue weighted by Gasteiger charge is -2.18. The molecular weight excluding hydrogens is 526 g/mol. The summed E-state index contributed by atoms with van der Waals surface area (Å²) in [7, 11) is 0. The summed E-state index contributed by atoms with van der Waals surface area (Å²) in [6.07, 6.45) is 4.38. The summed E-state index contributed by atoms with van der Waals surface area (Å²) < 4.78 is 0. The minimum Gasteiger partial charge on any atom is -0.339 e. The summed E-state index contributed by atoms with van der Waals surface area (Å²) in [6.45, 7) is 7.18. The third-order valence-corrected chi connectivity index (χ3v) is 7.58. The van der Waals surface area contributed by atoms with Gasteiger partial charge in [-0.25, -0.2) is 9.97 Å². The van der Waals surface area contributed by atoms with E-state index in [0.717, 1.165) is 50.1 Å². The van der Waals surface area contributed by atoms with Crippen molar-refractivity contribution in [3.8, 4) is 33.8 Å². The second-order valence-electron chi connectivity index (χ2n) is 10.1. The molecule has 0 fully saturated rings. The zero-order valence-electron chi connectivity index (χ0n) is 23.8. The van der Waals surface area contributed by atoms with Crippen molar-refractivity contribution in [2.24, 2.45) is 0 Å². The zero-order chi connectivity index (χ0) is 29.2.